The Hall–Kier alpha value is -1.95. The number of carboxylic acids is 1. The SMILES string of the molecule is Nc1ncc(-c2c[nH+]cc(C(=O)O)c2)s1. The van der Waals surface area contributed by atoms with Crippen LogP contribution in [0.4, 0.5) is 5.13 Å². The molecule has 2 aromatic heterocycles. The van der Waals surface area contributed by atoms with Crippen LogP contribution >= 0.6 is 11.3 Å². The standard InChI is InChI=1S/C9H7N3O2S/c10-9-12-4-7(15-9)5-1-6(8(13)14)3-11-2-5/h1-4H,(H2,10,12)(H,13,14)/p+1. The van der Waals surface area contributed by atoms with Gasteiger partial charge >= 0.3 is 5.97 Å². The van der Waals surface area contributed by atoms with Crippen molar-refractivity contribution >= 4 is 22.4 Å². The molecule has 2 rings (SSSR count). The molecule has 0 atom stereocenters. The van der Waals surface area contributed by atoms with Crippen LogP contribution in [-0.4, -0.2) is 16.1 Å². The minimum Gasteiger partial charge on any atom is -0.477 e. The van der Waals surface area contributed by atoms with E-state index in [-0.39, 0.29) is 5.56 Å². The number of aromatic carboxylic acids is 1. The monoisotopic (exact) mass is 222 g/mol. The minimum atomic E-state index is -0.967. The van der Waals surface area contributed by atoms with Crippen molar-refractivity contribution < 1.29 is 14.9 Å². The highest BCUT2D eigenvalue weighted by Gasteiger charge is 2.10. The van der Waals surface area contributed by atoms with E-state index in [9.17, 15) is 4.79 Å². The molecule has 2 aromatic rings. The normalized spacial score (nSPS) is 10.1. The van der Waals surface area contributed by atoms with Gasteiger partial charge in [-0.3, -0.25) is 0 Å². The van der Waals surface area contributed by atoms with Gasteiger partial charge < -0.3 is 10.8 Å². The molecule has 2 heterocycles. The predicted molar refractivity (Wildman–Crippen MR) is 55.5 cm³/mol. The highest BCUT2D eigenvalue weighted by atomic mass is 32.1. The van der Waals surface area contributed by atoms with Gasteiger partial charge in [0.1, 0.15) is 5.56 Å². The van der Waals surface area contributed by atoms with Crippen molar-refractivity contribution in [1.82, 2.24) is 4.98 Å². The van der Waals surface area contributed by atoms with Gasteiger partial charge in [-0.2, -0.15) is 0 Å². The fraction of sp³-hybridized carbons (Fsp3) is 0. The summed E-state index contributed by atoms with van der Waals surface area (Å²) in [4.78, 5) is 18.3. The van der Waals surface area contributed by atoms with E-state index in [1.807, 2.05) is 0 Å². The summed E-state index contributed by atoms with van der Waals surface area (Å²) in [6.07, 6.45) is 4.75. The summed E-state index contributed by atoms with van der Waals surface area (Å²) in [6.45, 7) is 0. The Labute approximate surface area is 89.2 Å². The van der Waals surface area contributed by atoms with Crippen LogP contribution in [0, 0.1) is 0 Å². The van der Waals surface area contributed by atoms with Crippen LogP contribution in [0.5, 0.6) is 0 Å². The second-order valence-corrected chi connectivity index (χ2v) is 3.94. The van der Waals surface area contributed by atoms with Gasteiger partial charge in [-0.1, -0.05) is 11.3 Å². The first kappa shape index (κ1) is 9.60. The molecule has 0 aliphatic rings. The predicted octanol–water partition coefficient (Wildman–Crippen LogP) is 0.905. The Bertz CT molecular complexity index is 510. The van der Waals surface area contributed by atoms with Crippen molar-refractivity contribution in [2.24, 2.45) is 0 Å². The summed E-state index contributed by atoms with van der Waals surface area (Å²) in [7, 11) is 0. The molecule has 4 N–H and O–H groups in total. The molecular weight excluding hydrogens is 214 g/mol. The van der Waals surface area contributed by atoms with E-state index in [4.69, 9.17) is 10.8 Å². The summed E-state index contributed by atoms with van der Waals surface area (Å²) in [6, 6.07) is 1.58. The summed E-state index contributed by atoms with van der Waals surface area (Å²) in [5.41, 5.74) is 6.47. The lowest BCUT2D eigenvalue weighted by molar-refractivity contribution is -0.377. The molecule has 6 heteroatoms. The maximum atomic E-state index is 10.7. The van der Waals surface area contributed by atoms with Crippen molar-refractivity contribution in [2.45, 2.75) is 0 Å². The smallest absolute Gasteiger partial charge is 0.341 e. The van der Waals surface area contributed by atoms with Crippen molar-refractivity contribution in [2.75, 3.05) is 5.73 Å². The third-order valence-corrected chi connectivity index (χ3v) is 2.72. The van der Waals surface area contributed by atoms with E-state index in [1.54, 1.807) is 18.5 Å². The van der Waals surface area contributed by atoms with Gasteiger partial charge in [-0.15, -0.1) is 0 Å². The third-order valence-electron chi connectivity index (χ3n) is 1.84. The number of nitrogens with two attached hydrogens (primary N) is 1. The Kier molecular flexibility index (Phi) is 2.34. The summed E-state index contributed by atoms with van der Waals surface area (Å²) in [5, 5.41) is 9.27. The average molecular weight is 222 g/mol. The topological polar surface area (TPSA) is 90.4 Å². The molecule has 0 aliphatic carbocycles. The van der Waals surface area contributed by atoms with Crippen LogP contribution in [0.3, 0.4) is 0 Å². The molecule has 0 bridgehead atoms. The Balaban J connectivity index is 2.45. The summed E-state index contributed by atoms with van der Waals surface area (Å²) in [5.74, 6) is -0.967. The van der Waals surface area contributed by atoms with E-state index < -0.39 is 5.97 Å². The highest BCUT2D eigenvalue weighted by molar-refractivity contribution is 7.18. The molecule has 0 aromatic carbocycles. The van der Waals surface area contributed by atoms with Crippen LogP contribution in [0.1, 0.15) is 10.4 Å². The molecule has 0 aliphatic heterocycles. The first-order chi connectivity index (χ1) is 7.16. The second kappa shape index (κ2) is 3.66. The number of nitrogen functional groups attached to an aromatic ring is 1. The third kappa shape index (κ3) is 1.94. The number of nitrogens with one attached hydrogen (secondary N) is 1. The zero-order valence-corrected chi connectivity index (χ0v) is 8.41. The van der Waals surface area contributed by atoms with Gasteiger partial charge in [0.05, 0.1) is 10.4 Å². The Morgan fingerprint density at radius 1 is 1.53 bits per heavy atom. The minimum absolute atomic E-state index is 0.208. The van der Waals surface area contributed by atoms with E-state index >= 15 is 0 Å². The Morgan fingerprint density at radius 2 is 2.33 bits per heavy atom. The van der Waals surface area contributed by atoms with Crippen molar-refractivity contribution in [3.63, 3.8) is 0 Å². The quantitative estimate of drug-likeness (QED) is 0.790. The lowest BCUT2D eigenvalue weighted by Crippen LogP contribution is -2.07. The van der Waals surface area contributed by atoms with Crippen molar-refractivity contribution in [3.8, 4) is 10.4 Å². The number of anilines is 1. The van der Waals surface area contributed by atoms with Crippen LogP contribution in [0.15, 0.2) is 24.7 Å². The molecule has 0 saturated heterocycles. The van der Waals surface area contributed by atoms with Crippen molar-refractivity contribution in [1.29, 1.82) is 0 Å². The van der Waals surface area contributed by atoms with Gasteiger partial charge in [0.15, 0.2) is 17.5 Å². The number of hydrogen-bond acceptors (Lipinski definition) is 4. The van der Waals surface area contributed by atoms with E-state index in [0.29, 0.717) is 5.13 Å². The summed E-state index contributed by atoms with van der Waals surface area (Å²) < 4.78 is 0. The first-order valence-corrected chi connectivity index (χ1v) is 4.94. The number of nitrogens with zero attached hydrogens (tertiary/aromatic N) is 1. The molecule has 0 unspecified atom stereocenters. The second-order valence-electron chi connectivity index (χ2n) is 2.88. The summed E-state index contributed by atoms with van der Waals surface area (Å²) >= 11 is 1.31. The molecule has 0 fully saturated rings. The van der Waals surface area contributed by atoms with Crippen LogP contribution in [0.2, 0.25) is 0 Å². The van der Waals surface area contributed by atoms with Crippen LogP contribution < -0.4 is 10.7 Å². The average Bonchev–Trinajstić information content (AvgIpc) is 2.65. The van der Waals surface area contributed by atoms with Crippen LogP contribution in [-0.2, 0) is 0 Å². The number of aromatic nitrogens is 2. The number of rotatable bonds is 2. The van der Waals surface area contributed by atoms with Gasteiger partial charge in [-0.25, -0.2) is 14.8 Å². The number of hydrogen-bond donors (Lipinski definition) is 2. The molecule has 0 radical (unpaired) electrons. The number of carboxylic acid groups (broad SMARTS) is 1. The van der Waals surface area contributed by atoms with Gasteiger partial charge in [-0.05, 0) is 6.07 Å². The number of carbonyl (C=O) groups is 1. The van der Waals surface area contributed by atoms with E-state index in [0.717, 1.165) is 10.4 Å². The molecule has 0 saturated carbocycles. The fourth-order valence-corrected chi connectivity index (χ4v) is 1.83. The molecular formula is C9H8N3O2S+. The number of pyridine rings is 1. The van der Waals surface area contributed by atoms with Gasteiger partial charge in [0.2, 0.25) is 0 Å². The van der Waals surface area contributed by atoms with Gasteiger partial charge in [0, 0.05) is 6.20 Å². The Morgan fingerprint density at radius 3 is 2.93 bits per heavy atom. The maximum absolute atomic E-state index is 10.7. The lowest BCUT2D eigenvalue weighted by atomic mass is 10.2. The molecule has 0 amide bonds. The lowest BCUT2D eigenvalue weighted by Gasteiger charge is -1.93. The van der Waals surface area contributed by atoms with Gasteiger partial charge in [0.25, 0.3) is 0 Å². The largest absolute Gasteiger partial charge is 0.477 e. The first-order valence-electron chi connectivity index (χ1n) is 4.13. The van der Waals surface area contributed by atoms with Crippen LogP contribution in [0.25, 0.3) is 10.4 Å². The molecule has 5 nitrogen and oxygen atoms in total. The molecule has 15 heavy (non-hydrogen) atoms. The molecule has 76 valence electrons. The fourth-order valence-electron chi connectivity index (χ4n) is 1.16. The molecule has 0 spiro atoms. The number of aromatic amines is 1. The maximum Gasteiger partial charge on any atom is 0.341 e. The zero-order valence-electron chi connectivity index (χ0n) is 7.60. The van der Waals surface area contributed by atoms with Crippen molar-refractivity contribution in [3.05, 3.63) is 30.2 Å². The number of thiazole rings is 1. The van der Waals surface area contributed by atoms with E-state index in [2.05, 4.69) is 9.97 Å². The zero-order chi connectivity index (χ0) is 10.8. The van der Waals surface area contributed by atoms with E-state index in [1.165, 1.54) is 17.5 Å². The number of H-pyrrole nitrogens is 1. The highest BCUT2D eigenvalue weighted by Crippen LogP contribution is 2.26.